The Hall–Kier alpha value is -1.11. The molecular weight excluding hydrogens is 252 g/mol. The molecule has 0 radical (unpaired) electrons. The second kappa shape index (κ2) is 4.87. The molecule has 100 valence electrons. The summed E-state index contributed by atoms with van der Waals surface area (Å²) in [5.74, 6) is 0.666. The average Bonchev–Trinajstić information content (AvgIpc) is 2.26. The number of ether oxygens (including phenoxy) is 1. The zero-order valence-corrected chi connectivity index (χ0v) is 11.6. The van der Waals surface area contributed by atoms with Crippen molar-refractivity contribution in [1.29, 1.82) is 0 Å². The molecule has 0 saturated carbocycles. The van der Waals surface area contributed by atoms with E-state index in [1.807, 2.05) is 0 Å². The second-order valence-electron chi connectivity index (χ2n) is 4.46. The summed E-state index contributed by atoms with van der Waals surface area (Å²) in [5, 5.41) is 3.07. The van der Waals surface area contributed by atoms with Gasteiger partial charge in [0.05, 0.1) is 12.0 Å². The van der Waals surface area contributed by atoms with Crippen LogP contribution in [0.5, 0.6) is 5.75 Å². The van der Waals surface area contributed by atoms with Gasteiger partial charge in [0, 0.05) is 26.2 Å². The van der Waals surface area contributed by atoms with Crippen molar-refractivity contribution in [3.8, 4) is 5.75 Å². The summed E-state index contributed by atoms with van der Waals surface area (Å²) >= 11 is 0. The maximum absolute atomic E-state index is 12.4. The Morgan fingerprint density at radius 1 is 1.39 bits per heavy atom. The van der Waals surface area contributed by atoms with Crippen molar-refractivity contribution in [3.05, 3.63) is 23.8 Å². The number of benzene rings is 1. The standard InChI is InChI=1S/C12H18N2O3S/c1-9-6-11(17-3)4-5-12(9)18(15,16)14(2)10-7-13-8-10/h4-6,10,13H,7-8H2,1-3H3. The summed E-state index contributed by atoms with van der Waals surface area (Å²) in [6, 6.07) is 5.06. The zero-order chi connectivity index (χ0) is 13.3. The monoisotopic (exact) mass is 270 g/mol. The summed E-state index contributed by atoms with van der Waals surface area (Å²) in [4.78, 5) is 0.345. The van der Waals surface area contributed by atoms with Crippen LogP contribution in [0.3, 0.4) is 0 Å². The fraction of sp³-hybridized carbons (Fsp3) is 0.500. The molecule has 0 atom stereocenters. The van der Waals surface area contributed by atoms with Gasteiger partial charge in [-0.1, -0.05) is 0 Å². The molecule has 1 aromatic rings. The van der Waals surface area contributed by atoms with Gasteiger partial charge in [-0.25, -0.2) is 8.42 Å². The Morgan fingerprint density at radius 2 is 2.06 bits per heavy atom. The first-order chi connectivity index (χ1) is 8.46. The summed E-state index contributed by atoms with van der Waals surface area (Å²) in [7, 11) is -0.223. The van der Waals surface area contributed by atoms with Crippen LogP contribution in [-0.2, 0) is 10.0 Å². The number of methoxy groups -OCH3 is 1. The molecule has 1 heterocycles. The molecule has 1 N–H and O–H groups in total. The fourth-order valence-electron chi connectivity index (χ4n) is 1.92. The number of aryl methyl sites for hydroxylation is 1. The van der Waals surface area contributed by atoms with E-state index in [9.17, 15) is 8.42 Å². The lowest BCUT2D eigenvalue weighted by Crippen LogP contribution is -2.57. The van der Waals surface area contributed by atoms with Crippen LogP contribution >= 0.6 is 0 Å². The van der Waals surface area contributed by atoms with Crippen LogP contribution in [-0.4, -0.2) is 46.0 Å². The van der Waals surface area contributed by atoms with Gasteiger partial charge in [0.1, 0.15) is 5.75 Å². The minimum absolute atomic E-state index is 0.0523. The Labute approximate surface area is 108 Å². The molecule has 0 unspecified atom stereocenters. The largest absolute Gasteiger partial charge is 0.497 e. The number of likely N-dealkylation sites (N-methyl/N-ethyl adjacent to an activating group) is 1. The first-order valence-electron chi connectivity index (χ1n) is 5.80. The number of nitrogens with one attached hydrogen (secondary N) is 1. The summed E-state index contributed by atoms with van der Waals surface area (Å²) < 4.78 is 31.4. The van der Waals surface area contributed by atoms with Crippen molar-refractivity contribution in [2.45, 2.75) is 17.9 Å². The van der Waals surface area contributed by atoms with Crippen molar-refractivity contribution >= 4 is 10.0 Å². The van der Waals surface area contributed by atoms with Gasteiger partial charge in [0.25, 0.3) is 0 Å². The van der Waals surface area contributed by atoms with Gasteiger partial charge < -0.3 is 10.1 Å². The van der Waals surface area contributed by atoms with E-state index < -0.39 is 10.0 Å². The topological polar surface area (TPSA) is 58.6 Å². The molecule has 1 fully saturated rings. The van der Waals surface area contributed by atoms with Gasteiger partial charge in [-0.3, -0.25) is 0 Å². The Balaban J connectivity index is 2.34. The normalized spacial score (nSPS) is 16.7. The molecule has 0 amide bonds. The minimum atomic E-state index is -3.42. The number of sulfonamides is 1. The van der Waals surface area contributed by atoms with Gasteiger partial charge in [-0.2, -0.15) is 4.31 Å². The van der Waals surface area contributed by atoms with Crippen LogP contribution in [0.15, 0.2) is 23.1 Å². The minimum Gasteiger partial charge on any atom is -0.497 e. The second-order valence-corrected chi connectivity index (χ2v) is 6.43. The first-order valence-corrected chi connectivity index (χ1v) is 7.24. The molecule has 0 spiro atoms. The van der Waals surface area contributed by atoms with Gasteiger partial charge in [0.15, 0.2) is 0 Å². The quantitative estimate of drug-likeness (QED) is 0.870. The van der Waals surface area contributed by atoms with Crippen LogP contribution < -0.4 is 10.1 Å². The predicted octanol–water partition coefficient (Wildman–Crippen LogP) is 0.596. The molecule has 2 rings (SSSR count). The average molecular weight is 270 g/mol. The molecule has 1 aliphatic heterocycles. The van der Waals surface area contributed by atoms with Crippen LogP contribution in [0.4, 0.5) is 0 Å². The third-order valence-corrected chi connectivity index (χ3v) is 5.38. The number of nitrogens with zero attached hydrogens (tertiary/aromatic N) is 1. The molecular formula is C12H18N2O3S. The Kier molecular flexibility index (Phi) is 3.61. The third kappa shape index (κ3) is 2.23. The van der Waals surface area contributed by atoms with E-state index in [1.165, 1.54) is 4.31 Å². The van der Waals surface area contributed by atoms with E-state index in [4.69, 9.17) is 4.74 Å². The van der Waals surface area contributed by atoms with Gasteiger partial charge in [0.2, 0.25) is 10.0 Å². The van der Waals surface area contributed by atoms with E-state index in [0.29, 0.717) is 29.3 Å². The van der Waals surface area contributed by atoms with Crippen molar-refractivity contribution in [3.63, 3.8) is 0 Å². The van der Waals surface area contributed by atoms with Crippen molar-refractivity contribution < 1.29 is 13.2 Å². The van der Waals surface area contributed by atoms with Gasteiger partial charge in [-0.15, -0.1) is 0 Å². The van der Waals surface area contributed by atoms with E-state index in [-0.39, 0.29) is 6.04 Å². The summed E-state index contributed by atoms with van der Waals surface area (Å²) in [5.41, 5.74) is 0.702. The highest BCUT2D eigenvalue weighted by molar-refractivity contribution is 7.89. The molecule has 0 aromatic heterocycles. The molecule has 5 nitrogen and oxygen atoms in total. The maximum Gasteiger partial charge on any atom is 0.243 e. The maximum atomic E-state index is 12.4. The number of hydrogen-bond acceptors (Lipinski definition) is 4. The molecule has 0 bridgehead atoms. The van der Waals surface area contributed by atoms with Crippen molar-refractivity contribution in [2.24, 2.45) is 0 Å². The van der Waals surface area contributed by atoms with E-state index in [0.717, 1.165) is 0 Å². The zero-order valence-electron chi connectivity index (χ0n) is 10.8. The number of rotatable bonds is 4. The molecule has 0 aliphatic carbocycles. The highest BCUT2D eigenvalue weighted by atomic mass is 32.2. The highest BCUT2D eigenvalue weighted by Gasteiger charge is 2.32. The SMILES string of the molecule is COc1ccc(S(=O)(=O)N(C)C2CNC2)c(C)c1. The van der Waals surface area contributed by atoms with Crippen LogP contribution in [0, 0.1) is 6.92 Å². The lowest BCUT2D eigenvalue weighted by molar-refractivity contribution is 0.274. The first kappa shape index (κ1) is 13.3. The lowest BCUT2D eigenvalue weighted by atomic mass is 10.2. The van der Waals surface area contributed by atoms with Crippen LogP contribution in [0.25, 0.3) is 0 Å². The van der Waals surface area contributed by atoms with Gasteiger partial charge in [-0.05, 0) is 30.7 Å². The Bertz CT molecular complexity index is 538. The lowest BCUT2D eigenvalue weighted by Gasteiger charge is -2.34. The predicted molar refractivity (Wildman–Crippen MR) is 69.3 cm³/mol. The van der Waals surface area contributed by atoms with Crippen molar-refractivity contribution in [1.82, 2.24) is 9.62 Å². The van der Waals surface area contributed by atoms with E-state index >= 15 is 0 Å². The van der Waals surface area contributed by atoms with E-state index in [1.54, 1.807) is 39.3 Å². The molecule has 1 aromatic carbocycles. The van der Waals surface area contributed by atoms with Crippen molar-refractivity contribution in [2.75, 3.05) is 27.2 Å². The molecule has 18 heavy (non-hydrogen) atoms. The third-order valence-electron chi connectivity index (χ3n) is 3.31. The molecule has 1 saturated heterocycles. The number of hydrogen-bond donors (Lipinski definition) is 1. The molecule has 1 aliphatic rings. The summed E-state index contributed by atoms with van der Waals surface area (Å²) in [6.07, 6.45) is 0. The summed E-state index contributed by atoms with van der Waals surface area (Å²) in [6.45, 7) is 3.21. The Morgan fingerprint density at radius 3 is 2.50 bits per heavy atom. The van der Waals surface area contributed by atoms with Crippen LogP contribution in [0.1, 0.15) is 5.56 Å². The molecule has 6 heteroatoms. The van der Waals surface area contributed by atoms with E-state index in [2.05, 4.69) is 5.32 Å². The van der Waals surface area contributed by atoms with Crippen LogP contribution in [0.2, 0.25) is 0 Å². The smallest absolute Gasteiger partial charge is 0.243 e. The fourth-order valence-corrected chi connectivity index (χ4v) is 3.48. The van der Waals surface area contributed by atoms with Gasteiger partial charge >= 0.3 is 0 Å². The highest BCUT2D eigenvalue weighted by Crippen LogP contribution is 2.24.